The van der Waals surface area contributed by atoms with E-state index >= 15 is 0 Å². The number of H-pyrrole nitrogens is 1. The largest absolute Gasteiger partial charge is 0.491 e. The van der Waals surface area contributed by atoms with Crippen LogP contribution >= 0.6 is 0 Å². The van der Waals surface area contributed by atoms with Crippen LogP contribution in [-0.2, 0) is 6.54 Å². The highest BCUT2D eigenvalue weighted by Gasteiger charge is 2.07. The molecule has 5 nitrogen and oxygen atoms in total. The van der Waals surface area contributed by atoms with Gasteiger partial charge < -0.3 is 20.1 Å². The molecule has 7 heteroatoms. The maximum absolute atomic E-state index is 12.9. The van der Waals surface area contributed by atoms with Gasteiger partial charge in [-0.1, -0.05) is 0 Å². The number of aliphatic hydroxyl groups is 1. The van der Waals surface area contributed by atoms with Crippen molar-refractivity contribution in [1.82, 2.24) is 15.3 Å². The first kappa shape index (κ1) is 14.4. The summed E-state index contributed by atoms with van der Waals surface area (Å²) in [4.78, 5) is 6.93. The Bertz CT molecular complexity index is 534. The molecule has 20 heavy (non-hydrogen) atoms. The van der Waals surface area contributed by atoms with Crippen LogP contribution in [0.4, 0.5) is 8.78 Å². The number of imidazole rings is 1. The van der Waals surface area contributed by atoms with E-state index in [0.29, 0.717) is 13.1 Å². The molecule has 1 unspecified atom stereocenters. The molecule has 1 aromatic heterocycles. The Morgan fingerprint density at radius 1 is 1.35 bits per heavy atom. The molecule has 1 atom stereocenters. The minimum Gasteiger partial charge on any atom is -0.491 e. The van der Waals surface area contributed by atoms with Gasteiger partial charge in [-0.2, -0.15) is 0 Å². The van der Waals surface area contributed by atoms with Crippen LogP contribution in [-0.4, -0.2) is 34.3 Å². The number of ether oxygens (including phenoxy) is 1. The standard InChI is InChI=1S/C13H15F2N3O2/c14-11-2-1-10(5-12(11)15)20-8-9(19)6-16-7-13-17-3-4-18-13/h1-5,9,16,19H,6-8H2,(H,17,18). The summed E-state index contributed by atoms with van der Waals surface area (Å²) < 4.78 is 30.8. The smallest absolute Gasteiger partial charge is 0.162 e. The lowest BCUT2D eigenvalue weighted by Crippen LogP contribution is -2.31. The molecule has 1 aromatic carbocycles. The van der Waals surface area contributed by atoms with Gasteiger partial charge in [-0.05, 0) is 12.1 Å². The van der Waals surface area contributed by atoms with E-state index < -0.39 is 17.7 Å². The van der Waals surface area contributed by atoms with Crippen molar-refractivity contribution in [2.24, 2.45) is 0 Å². The Hall–Kier alpha value is -1.99. The van der Waals surface area contributed by atoms with Crippen molar-refractivity contribution in [1.29, 1.82) is 0 Å². The topological polar surface area (TPSA) is 70.2 Å². The van der Waals surface area contributed by atoms with E-state index in [-0.39, 0.29) is 12.4 Å². The first-order chi connectivity index (χ1) is 9.65. The fourth-order valence-corrected chi connectivity index (χ4v) is 1.57. The van der Waals surface area contributed by atoms with Gasteiger partial charge in [0.2, 0.25) is 0 Å². The monoisotopic (exact) mass is 283 g/mol. The van der Waals surface area contributed by atoms with Gasteiger partial charge in [0.15, 0.2) is 11.6 Å². The summed E-state index contributed by atoms with van der Waals surface area (Å²) in [6.45, 7) is 0.774. The minimum atomic E-state index is -0.979. The zero-order valence-corrected chi connectivity index (χ0v) is 10.6. The van der Waals surface area contributed by atoms with Gasteiger partial charge in [0.05, 0.1) is 6.54 Å². The molecule has 0 spiro atoms. The second-order valence-electron chi connectivity index (χ2n) is 4.21. The molecule has 0 saturated heterocycles. The van der Waals surface area contributed by atoms with Crippen LogP contribution in [0.1, 0.15) is 5.82 Å². The van der Waals surface area contributed by atoms with Gasteiger partial charge in [0, 0.05) is 25.0 Å². The third kappa shape index (κ3) is 4.29. The number of nitrogens with zero attached hydrogens (tertiary/aromatic N) is 1. The molecule has 1 heterocycles. The summed E-state index contributed by atoms with van der Waals surface area (Å²) in [5.74, 6) is -0.973. The third-order valence-corrected chi connectivity index (χ3v) is 2.56. The number of halogens is 2. The highest BCUT2D eigenvalue weighted by Crippen LogP contribution is 2.15. The Kier molecular flexibility index (Phi) is 5.03. The SMILES string of the molecule is OC(CNCc1ncc[nH]1)COc1ccc(F)c(F)c1. The van der Waals surface area contributed by atoms with E-state index in [2.05, 4.69) is 15.3 Å². The predicted octanol–water partition coefficient (Wildman–Crippen LogP) is 1.22. The first-order valence-electron chi connectivity index (χ1n) is 6.10. The number of hydrogen-bond acceptors (Lipinski definition) is 4. The fourth-order valence-electron chi connectivity index (χ4n) is 1.57. The second kappa shape index (κ2) is 6.97. The number of rotatable bonds is 7. The van der Waals surface area contributed by atoms with Crippen LogP contribution in [0.2, 0.25) is 0 Å². The van der Waals surface area contributed by atoms with E-state index in [1.54, 1.807) is 12.4 Å². The van der Waals surface area contributed by atoms with Crippen LogP contribution in [0.25, 0.3) is 0 Å². The molecular weight excluding hydrogens is 268 g/mol. The third-order valence-electron chi connectivity index (χ3n) is 2.56. The number of aromatic amines is 1. The van der Waals surface area contributed by atoms with Gasteiger partial charge in [0.25, 0.3) is 0 Å². The van der Waals surface area contributed by atoms with Crippen molar-refractivity contribution in [3.05, 3.63) is 48.1 Å². The van der Waals surface area contributed by atoms with E-state index in [0.717, 1.165) is 18.0 Å². The summed E-state index contributed by atoms with van der Waals surface area (Å²) >= 11 is 0. The van der Waals surface area contributed by atoms with Gasteiger partial charge >= 0.3 is 0 Å². The molecule has 0 fully saturated rings. The Morgan fingerprint density at radius 3 is 2.90 bits per heavy atom. The average molecular weight is 283 g/mol. The van der Waals surface area contributed by atoms with Crippen LogP contribution in [0.15, 0.2) is 30.6 Å². The van der Waals surface area contributed by atoms with Crippen molar-refractivity contribution >= 4 is 0 Å². The second-order valence-corrected chi connectivity index (χ2v) is 4.21. The molecule has 0 aliphatic carbocycles. The molecule has 0 saturated carbocycles. The normalized spacial score (nSPS) is 12.3. The van der Waals surface area contributed by atoms with Crippen molar-refractivity contribution in [2.75, 3.05) is 13.2 Å². The summed E-state index contributed by atoms with van der Waals surface area (Å²) in [6.07, 6.45) is 2.58. The van der Waals surface area contributed by atoms with Gasteiger partial charge in [-0.25, -0.2) is 13.8 Å². The Labute approximate surface area is 114 Å². The summed E-state index contributed by atoms with van der Waals surface area (Å²) in [5.41, 5.74) is 0. The molecule has 0 aliphatic rings. The van der Waals surface area contributed by atoms with Gasteiger partial charge in [-0.15, -0.1) is 0 Å². The van der Waals surface area contributed by atoms with Crippen molar-refractivity contribution in [3.63, 3.8) is 0 Å². The first-order valence-corrected chi connectivity index (χ1v) is 6.10. The van der Waals surface area contributed by atoms with E-state index in [1.807, 2.05) is 0 Å². The summed E-state index contributed by atoms with van der Waals surface area (Å²) in [5, 5.41) is 12.7. The van der Waals surface area contributed by atoms with E-state index in [4.69, 9.17) is 4.74 Å². The van der Waals surface area contributed by atoms with Crippen LogP contribution < -0.4 is 10.1 Å². The number of aliphatic hydroxyl groups excluding tert-OH is 1. The molecule has 0 bridgehead atoms. The zero-order chi connectivity index (χ0) is 14.4. The number of aromatic nitrogens is 2. The van der Waals surface area contributed by atoms with Crippen molar-refractivity contribution < 1.29 is 18.6 Å². The predicted molar refractivity (Wildman–Crippen MR) is 68.2 cm³/mol. The average Bonchev–Trinajstić information content (AvgIpc) is 2.93. The molecule has 0 aliphatic heterocycles. The number of hydrogen-bond donors (Lipinski definition) is 3. The summed E-state index contributed by atoms with van der Waals surface area (Å²) in [7, 11) is 0. The van der Waals surface area contributed by atoms with E-state index in [1.165, 1.54) is 6.07 Å². The minimum absolute atomic E-state index is 0.0176. The number of nitrogens with one attached hydrogen (secondary N) is 2. The lowest BCUT2D eigenvalue weighted by Gasteiger charge is -2.13. The lowest BCUT2D eigenvalue weighted by atomic mass is 10.3. The number of benzene rings is 1. The quantitative estimate of drug-likeness (QED) is 0.714. The highest BCUT2D eigenvalue weighted by molar-refractivity contribution is 5.23. The fraction of sp³-hybridized carbons (Fsp3) is 0.308. The zero-order valence-electron chi connectivity index (χ0n) is 10.6. The van der Waals surface area contributed by atoms with Crippen LogP contribution in [0, 0.1) is 11.6 Å². The molecule has 0 amide bonds. The Morgan fingerprint density at radius 2 is 2.20 bits per heavy atom. The lowest BCUT2D eigenvalue weighted by molar-refractivity contribution is 0.106. The molecule has 2 aromatic rings. The van der Waals surface area contributed by atoms with Gasteiger partial charge in [-0.3, -0.25) is 0 Å². The van der Waals surface area contributed by atoms with Gasteiger partial charge in [0.1, 0.15) is 24.3 Å². The Balaban J connectivity index is 1.69. The summed E-state index contributed by atoms with van der Waals surface area (Å²) in [6, 6.07) is 3.23. The molecule has 0 radical (unpaired) electrons. The molecular formula is C13H15F2N3O2. The molecule has 2 rings (SSSR count). The van der Waals surface area contributed by atoms with Crippen LogP contribution in [0.3, 0.4) is 0 Å². The molecule has 108 valence electrons. The van der Waals surface area contributed by atoms with Crippen LogP contribution in [0.5, 0.6) is 5.75 Å². The highest BCUT2D eigenvalue weighted by atomic mass is 19.2. The van der Waals surface area contributed by atoms with E-state index in [9.17, 15) is 13.9 Å². The maximum Gasteiger partial charge on any atom is 0.162 e. The van der Waals surface area contributed by atoms with Crippen molar-refractivity contribution in [3.8, 4) is 5.75 Å². The molecule has 3 N–H and O–H groups in total. The van der Waals surface area contributed by atoms with Crippen molar-refractivity contribution in [2.45, 2.75) is 12.6 Å². The maximum atomic E-state index is 12.9.